The number of rotatable bonds is 5. The van der Waals surface area contributed by atoms with Gasteiger partial charge < -0.3 is 5.11 Å². The first kappa shape index (κ1) is 15.6. The maximum Gasteiger partial charge on any atom is 0.246 e. The van der Waals surface area contributed by atoms with E-state index in [-0.39, 0.29) is 18.7 Å². The molecule has 0 aliphatic carbocycles. The highest BCUT2D eigenvalue weighted by Gasteiger charge is 2.28. The van der Waals surface area contributed by atoms with Gasteiger partial charge in [-0.05, 0) is 17.7 Å². The monoisotopic (exact) mass is 289 g/mol. The van der Waals surface area contributed by atoms with Crippen LogP contribution in [-0.2, 0) is 16.6 Å². The zero-order valence-electron chi connectivity index (χ0n) is 10.2. The summed E-state index contributed by atoms with van der Waals surface area (Å²) in [6, 6.07) is 1.64. The van der Waals surface area contributed by atoms with Gasteiger partial charge in [-0.2, -0.15) is 4.31 Å². The molecular formula is C12H13F2NO3S. The molecule has 0 aliphatic rings. The lowest BCUT2D eigenvalue weighted by Gasteiger charge is -2.18. The van der Waals surface area contributed by atoms with E-state index in [0.717, 1.165) is 16.4 Å². The fourth-order valence-corrected chi connectivity index (χ4v) is 2.99. The summed E-state index contributed by atoms with van der Waals surface area (Å²) in [7, 11) is -4.23. The Kier molecular flexibility index (Phi) is 5.00. The summed E-state index contributed by atoms with van der Waals surface area (Å²) < 4.78 is 52.0. The molecule has 0 fully saturated rings. The lowest BCUT2D eigenvalue weighted by Crippen LogP contribution is -2.32. The lowest BCUT2D eigenvalue weighted by atomic mass is 10.2. The van der Waals surface area contributed by atoms with Crippen molar-refractivity contribution in [2.75, 3.05) is 13.1 Å². The molecule has 0 unspecified atom stereocenters. The standard InChI is InChI=1S/C12H13F2NO3S/c1-3-5-15(4-2)19(17,18)11-7-9(8-16)6-10(13)12(11)14/h1,6-7,16H,4-5,8H2,2H3. The Balaban J connectivity index is 3.44. The van der Waals surface area contributed by atoms with Crippen LogP contribution < -0.4 is 0 Å². The lowest BCUT2D eigenvalue weighted by molar-refractivity contribution is 0.280. The third kappa shape index (κ3) is 3.10. The molecule has 0 saturated heterocycles. The molecule has 19 heavy (non-hydrogen) atoms. The van der Waals surface area contributed by atoms with Crippen molar-refractivity contribution < 1.29 is 22.3 Å². The van der Waals surface area contributed by atoms with Crippen LogP contribution in [0.15, 0.2) is 17.0 Å². The van der Waals surface area contributed by atoms with Crippen molar-refractivity contribution in [1.29, 1.82) is 0 Å². The van der Waals surface area contributed by atoms with Gasteiger partial charge in [0, 0.05) is 6.54 Å². The number of nitrogens with zero attached hydrogens (tertiary/aromatic N) is 1. The molecule has 0 spiro atoms. The second-order valence-corrected chi connectivity index (χ2v) is 5.59. The van der Waals surface area contributed by atoms with Crippen molar-refractivity contribution in [2.24, 2.45) is 0 Å². The Morgan fingerprint density at radius 3 is 2.53 bits per heavy atom. The average molecular weight is 289 g/mol. The second kappa shape index (κ2) is 6.10. The molecule has 0 atom stereocenters. The maximum atomic E-state index is 13.6. The summed E-state index contributed by atoms with van der Waals surface area (Å²) >= 11 is 0. The molecule has 0 heterocycles. The van der Waals surface area contributed by atoms with Crippen molar-refractivity contribution >= 4 is 10.0 Å². The van der Waals surface area contributed by atoms with E-state index >= 15 is 0 Å². The molecule has 0 amide bonds. The molecule has 0 saturated carbocycles. The number of sulfonamides is 1. The van der Waals surface area contributed by atoms with Crippen molar-refractivity contribution in [1.82, 2.24) is 4.31 Å². The Labute approximate surface area is 110 Å². The summed E-state index contributed by atoms with van der Waals surface area (Å²) in [6.07, 6.45) is 5.04. The van der Waals surface area contributed by atoms with Crippen molar-refractivity contribution in [3.8, 4) is 12.3 Å². The first-order chi connectivity index (χ1) is 8.88. The van der Waals surface area contributed by atoms with E-state index in [0.29, 0.717) is 0 Å². The number of hydrogen-bond donors (Lipinski definition) is 1. The van der Waals surface area contributed by atoms with Crippen molar-refractivity contribution in [3.63, 3.8) is 0 Å². The number of terminal acetylenes is 1. The summed E-state index contributed by atoms with van der Waals surface area (Å²) in [5.74, 6) is -0.672. The van der Waals surface area contributed by atoms with Gasteiger partial charge in [0.25, 0.3) is 0 Å². The average Bonchev–Trinajstić information content (AvgIpc) is 2.38. The smallest absolute Gasteiger partial charge is 0.246 e. The van der Waals surface area contributed by atoms with E-state index < -0.39 is 33.2 Å². The van der Waals surface area contributed by atoms with Gasteiger partial charge in [-0.25, -0.2) is 17.2 Å². The van der Waals surface area contributed by atoms with Crippen LogP contribution in [0, 0.1) is 24.0 Å². The molecule has 1 aromatic rings. The topological polar surface area (TPSA) is 57.6 Å². The van der Waals surface area contributed by atoms with E-state index in [4.69, 9.17) is 11.5 Å². The van der Waals surface area contributed by atoms with Gasteiger partial charge >= 0.3 is 0 Å². The second-order valence-electron chi connectivity index (χ2n) is 3.68. The predicted octanol–water partition coefficient (Wildman–Crippen LogP) is 1.10. The van der Waals surface area contributed by atoms with Crippen LogP contribution >= 0.6 is 0 Å². The Hall–Kier alpha value is -1.49. The molecule has 7 heteroatoms. The predicted molar refractivity (Wildman–Crippen MR) is 65.5 cm³/mol. The largest absolute Gasteiger partial charge is 0.392 e. The van der Waals surface area contributed by atoms with Gasteiger partial charge in [-0.15, -0.1) is 6.42 Å². The van der Waals surface area contributed by atoms with Gasteiger partial charge in [0.2, 0.25) is 10.0 Å². The number of hydrogen-bond acceptors (Lipinski definition) is 3. The van der Waals surface area contributed by atoms with Crippen LogP contribution in [0.2, 0.25) is 0 Å². The van der Waals surface area contributed by atoms with Gasteiger partial charge in [-0.3, -0.25) is 0 Å². The van der Waals surface area contributed by atoms with E-state index in [2.05, 4.69) is 5.92 Å². The molecule has 1 aromatic carbocycles. The summed E-state index contributed by atoms with van der Waals surface area (Å²) in [5, 5.41) is 8.91. The molecule has 1 N–H and O–H groups in total. The fourth-order valence-electron chi connectivity index (χ4n) is 1.50. The highest BCUT2D eigenvalue weighted by molar-refractivity contribution is 7.89. The maximum absolute atomic E-state index is 13.6. The summed E-state index contributed by atoms with van der Waals surface area (Å²) in [4.78, 5) is -0.825. The molecule has 0 aliphatic heterocycles. The van der Waals surface area contributed by atoms with E-state index in [1.54, 1.807) is 0 Å². The SMILES string of the molecule is C#CCN(CC)S(=O)(=O)c1cc(CO)cc(F)c1F. The summed E-state index contributed by atoms with van der Waals surface area (Å²) in [5.41, 5.74) is -0.0331. The van der Waals surface area contributed by atoms with Crippen LogP contribution in [0.3, 0.4) is 0 Å². The van der Waals surface area contributed by atoms with Crippen molar-refractivity contribution in [2.45, 2.75) is 18.4 Å². The number of aliphatic hydroxyl groups is 1. The molecule has 0 aromatic heterocycles. The van der Waals surface area contributed by atoms with Crippen LogP contribution in [0.25, 0.3) is 0 Å². The van der Waals surface area contributed by atoms with Crippen LogP contribution in [0.1, 0.15) is 12.5 Å². The Bertz CT molecular complexity index is 608. The zero-order valence-corrected chi connectivity index (χ0v) is 11.0. The highest BCUT2D eigenvalue weighted by atomic mass is 32.2. The summed E-state index contributed by atoms with van der Waals surface area (Å²) in [6.45, 7) is 0.709. The number of halogens is 2. The minimum atomic E-state index is -4.23. The minimum Gasteiger partial charge on any atom is -0.392 e. The third-order valence-corrected chi connectivity index (χ3v) is 4.40. The van der Waals surface area contributed by atoms with Crippen LogP contribution in [0.5, 0.6) is 0 Å². The molecular weight excluding hydrogens is 276 g/mol. The molecule has 1 rings (SSSR count). The van der Waals surface area contributed by atoms with E-state index in [1.165, 1.54) is 6.92 Å². The number of aliphatic hydroxyl groups excluding tert-OH is 1. The van der Waals surface area contributed by atoms with Gasteiger partial charge in [0.15, 0.2) is 11.6 Å². The molecule has 0 bridgehead atoms. The minimum absolute atomic E-state index is 0.0247. The Morgan fingerprint density at radius 1 is 1.42 bits per heavy atom. The number of benzene rings is 1. The van der Waals surface area contributed by atoms with Gasteiger partial charge in [0.05, 0.1) is 13.2 Å². The van der Waals surface area contributed by atoms with E-state index in [9.17, 15) is 17.2 Å². The Morgan fingerprint density at radius 2 is 2.05 bits per heavy atom. The van der Waals surface area contributed by atoms with Crippen molar-refractivity contribution in [3.05, 3.63) is 29.3 Å². The van der Waals surface area contributed by atoms with E-state index in [1.807, 2.05) is 0 Å². The fraction of sp³-hybridized carbons (Fsp3) is 0.333. The normalized spacial score (nSPS) is 11.6. The molecule has 0 radical (unpaired) electrons. The first-order valence-electron chi connectivity index (χ1n) is 5.40. The first-order valence-corrected chi connectivity index (χ1v) is 6.84. The van der Waals surface area contributed by atoms with Gasteiger partial charge in [-0.1, -0.05) is 12.8 Å². The molecule has 4 nitrogen and oxygen atoms in total. The van der Waals surface area contributed by atoms with Crippen LogP contribution in [0.4, 0.5) is 8.78 Å². The van der Waals surface area contributed by atoms with Gasteiger partial charge in [0.1, 0.15) is 4.90 Å². The zero-order chi connectivity index (χ0) is 14.6. The van der Waals surface area contributed by atoms with Crippen LogP contribution in [-0.4, -0.2) is 30.9 Å². The highest BCUT2D eigenvalue weighted by Crippen LogP contribution is 2.23. The third-order valence-electron chi connectivity index (χ3n) is 2.48. The molecule has 104 valence electrons. The quantitative estimate of drug-likeness (QED) is 0.826.